The maximum atomic E-state index is 12.9. The third-order valence-corrected chi connectivity index (χ3v) is 7.00. The molecular formula is C28H33N5O2S. The van der Waals surface area contributed by atoms with E-state index < -0.39 is 11.6 Å². The Labute approximate surface area is 217 Å². The van der Waals surface area contributed by atoms with E-state index >= 15 is 0 Å². The second-order valence-corrected chi connectivity index (χ2v) is 11.5. The highest BCUT2D eigenvalue weighted by Crippen LogP contribution is 2.39. The summed E-state index contributed by atoms with van der Waals surface area (Å²) in [4.78, 5) is 21.3. The fraction of sp³-hybridized carbons (Fsp3) is 0.429. The molecule has 0 radical (unpaired) electrons. The van der Waals surface area contributed by atoms with E-state index in [0.29, 0.717) is 12.4 Å². The van der Waals surface area contributed by atoms with E-state index in [1.807, 2.05) is 63.4 Å². The van der Waals surface area contributed by atoms with Crippen molar-refractivity contribution in [3.63, 3.8) is 0 Å². The second kappa shape index (κ2) is 10.00. The Kier molecular flexibility index (Phi) is 7.17. The Hall–Kier alpha value is -3.28. The highest BCUT2D eigenvalue weighted by atomic mass is 32.1. The quantitative estimate of drug-likeness (QED) is 0.378. The lowest BCUT2D eigenvalue weighted by atomic mass is 9.98. The zero-order valence-corrected chi connectivity index (χ0v) is 23.1. The molecule has 3 aromatic rings. The van der Waals surface area contributed by atoms with Crippen LogP contribution in [0.2, 0.25) is 0 Å². The molecule has 8 heteroatoms. The molecule has 0 unspecified atom stereocenters. The van der Waals surface area contributed by atoms with Crippen LogP contribution in [0.4, 0.5) is 0 Å². The normalized spacial score (nSPS) is 14.9. The Morgan fingerprint density at radius 3 is 2.47 bits per heavy atom. The fourth-order valence-electron chi connectivity index (χ4n) is 4.08. The number of aliphatic imine (C=N–C) groups is 1. The monoisotopic (exact) mass is 503 g/mol. The molecule has 0 spiro atoms. The number of carbonyl (C=O) groups is 1. The molecule has 0 amide bonds. The SMILES string of the molecule is Cc1sc2c(c1C)C(c1ccc(C#CCN(C)C)cc1)=N[C@H](CC(=O)OC(C)(C)C)c1nnc(C)n1-2. The summed E-state index contributed by atoms with van der Waals surface area (Å²) < 4.78 is 7.68. The van der Waals surface area contributed by atoms with E-state index in [1.165, 1.54) is 10.4 Å². The summed E-state index contributed by atoms with van der Waals surface area (Å²) in [6.45, 7) is 12.5. The molecule has 0 aliphatic carbocycles. The first-order valence-electron chi connectivity index (χ1n) is 12.0. The molecule has 1 aliphatic rings. The number of aromatic nitrogens is 3. The van der Waals surface area contributed by atoms with Crippen LogP contribution >= 0.6 is 11.3 Å². The summed E-state index contributed by atoms with van der Waals surface area (Å²) in [5.74, 6) is 7.50. The van der Waals surface area contributed by atoms with E-state index in [0.717, 1.165) is 33.2 Å². The first kappa shape index (κ1) is 25.8. The molecule has 3 heterocycles. The van der Waals surface area contributed by atoms with Gasteiger partial charge >= 0.3 is 5.97 Å². The molecule has 1 atom stereocenters. The minimum Gasteiger partial charge on any atom is -0.460 e. The molecule has 2 aromatic heterocycles. The van der Waals surface area contributed by atoms with Gasteiger partial charge in [0.15, 0.2) is 5.82 Å². The minimum atomic E-state index is -0.576. The molecule has 188 valence electrons. The fourth-order valence-corrected chi connectivity index (χ4v) is 5.29. The van der Waals surface area contributed by atoms with Gasteiger partial charge in [0, 0.05) is 21.6 Å². The number of rotatable bonds is 4. The van der Waals surface area contributed by atoms with Crippen molar-refractivity contribution in [1.29, 1.82) is 0 Å². The molecule has 0 saturated heterocycles. The topological polar surface area (TPSA) is 72.6 Å². The maximum Gasteiger partial charge on any atom is 0.308 e. The van der Waals surface area contributed by atoms with Gasteiger partial charge in [0.1, 0.15) is 22.5 Å². The summed E-state index contributed by atoms with van der Waals surface area (Å²) >= 11 is 1.70. The van der Waals surface area contributed by atoms with Crippen molar-refractivity contribution in [3.8, 4) is 16.8 Å². The van der Waals surface area contributed by atoms with E-state index in [-0.39, 0.29) is 12.4 Å². The number of nitrogens with zero attached hydrogens (tertiary/aromatic N) is 5. The van der Waals surface area contributed by atoms with Gasteiger partial charge in [-0.2, -0.15) is 0 Å². The van der Waals surface area contributed by atoms with Gasteiger partial charge in [-0.05, 0) is 73.3 Å². The van der Waals surface area contributed by atoms with Crippen molar-refractivity contribution < 1.29 is 9.53 Å². The molecule has 36 heavy (non-hydrogen) atoms. The van der Waals surface area contributed by atoms with Gasteiger partial charge in [0.25, 0.3) is 0 Å². The van der Waals surface area contributed by atoms with Crippen molar-refractivity contribution >= 4 is 23.0 Å². The van der Waals surface area contributed by atoms with Crippen molar-refractivity contribution in [3.05, 3.63) is 63.0 Å². The van der Waals surface area contributed by atoms with Gasteiger partial charge in [-0.25, -0.2) is 0 Å². The predicted octanol–water partition coefficient (Wildman–Crippen LogP) is 4.79. The third-order valence-electron chi connectivity index (χ3n) is 5.81. The largest absolute Gasteiger partial charge is 0.460 e. The van der Waals surface area contributed by atoms with Crippen molar-refractivity contribution in [2.45, 2.75) is 59.6 Å². The number of esters is 1. The molecule has 0 N–H and O–H groups in total. The van der Waals surface area contributed by atoms with Gasteiger partial charge in [-0.1, -0.05) is 24.0 Å². The first-order chi connectivity index (χ1) is 16.9. The number of benzene rings is 1. The second-order valence-electron chi connectivity index (χ2n) is 10.3. The van der Waals surface area contributed by atoms with Crippen LogP contribution in [0.25, 0.3) is 5.00 Å². The first-order valence-corrected chi connectivity index (χ1v) is 12.8. The molecular weight excluding hydrogens is 470 g/mol. The van der Waals surface area contributed by atoms with Crippen molar-refractivity contribution in [1.82, 2.24) is 19.7 Å². The zero-order valence-electron chi connectivity index (χ0n) is 22.3. The highest BCUT2D eigenvalue weighted by Gasteiger charge is 2.33. The molecule has 0 bridgehead atoms. The average molecular weight is 504 g/mol. The number of hydrogen-bond acceptors (Lipinski definition) is 7. The number of thiophene rings is 1. The summed E-state index contributed by atoms with van der Waals surface area (Å²) in [7, 11) is 4.00. The van der Waals surface area contributed by atoms with Crippen molar-refractivity contribution in [2.24, 2.45) is 4.99 Å². The summed E-state index contributed by atoms with van der Waals surface area (Å²) in [6.07, 6.45) is 0.0833. The van der Waals surface area contributed by atoms with Crippen LogP contribution in [-0.2, 0) is 9.53 Å². The maximum absolute atomic E-state index is 12.9. The lowest BCUT2D eigenvalue weighted by molar-refractivity contribution is -0.155. The molecule has 1 aliphatic heterocycles. The molecule has 0 saturated carbocycles. The Morgan fingerprint density at radius 1 is 1.14 bits per heavy atom. The number of fused-ring (bicyclic) bond motifs is 3. The summed E-state index contributed by atoms with van der Waals surface area (Å²) in [5, 5.41) is 9.83. The standard InChI is InChI=1S/C28H33N5O2S/c1-17-18(2)36-27-24(17)25(21-13-11-20(12-14-21)10-9-15-32(7)8)29-22(16-23(34)35-28(4,5)6)26-31-30-19(3)33(26)27/h11-14,22H,15-16H2,1-8H3/t22-/m1/s1. The number of aryl methyl sites for hydroxylation is 2. The van der Waals surface area contributed by atoms with Crippen LogP contribution in [0, 0.1) is 32.6 Å². The minimum absolute atomic E-state index is 0.0833. The number of hydrogen-bond donors (Lipinski definition) is 0. The average Bonchev–Trinajstić information content (AvgIpc) is 3.25. The third kappa shape index (κ3) is 5.43. The van der Waals surface area contributed by atoms with E-state index in [1.54, 1.807) is 11.3 Å². The number of carbonyl (C=O) groups excluding carboxylic acids is 1. The summed E-state index contributed by atoms with van der Waals surface area (Å²) in [5.41, 5.74) is 4.42. The number of ether oxygens (including phenoxy) is 1. The molecule has 4 rings (SSSR count). The van der Waals surface area contributed by atoms with Gasteiger partial charge in [0.2, 0.25) is 0 Å². The van der Waals surface area contributed by atoms with Crippen LogP contribution in [0.5, 0.6) is 0 Å². The van der Waals surface area contributed by atoms with Gasteiger partial charge in [-0.3, -0.25) is 19.3 Å². The summed E-state index contributed by atoms with van der Waals surface area (Å²) in [6, 6.07) is 7.63. The Bertz CT molecular complexity index is 1380. The molecule has 0 fully saturated rings. The van der Waals surface area contributed by atoms with Crippen LogP contribution in [0.1, 0.15) is 72.0 Å². The van der Waals surface area contributed by atoms with E-state index in [9.17, 15) is 4.79 Å². The predicted molar refractivity (Wildman–Crippen MR) is 144 cm³/mol. The lowest BCUT2D eigenvalue weighted by Crippen LogP contribution is -2.25. The van der Waals surface area contributed by atoms with E-state index in [2.05, 4.69) is 48.0 Å². The van der Waals surface area contributed by atoms with Gasteiger partial charge < -0.3 is 4.74 Å². The zero-order chi connectivity index (χ0) is 26.2. The highest BCUT2D eigenvalue weighted by molar-refractivity contribution is 7.15. The Balaban J connectivity index is 1.82. The van der Waals surface area contributed by atoms with Crippen LogP contribution in [0.3, 0.4) is 0 Å². The lowest BCUT2D eigenvalue weighted by Gasteiger charge is -2.21. The van der Waals surface area contributed by atoms with Gasteiger partial charge in [0.05, 0.1) is 18.7 Å². The molecule has 7 nitrogen and oxygen atoms in total. The Morgan fingerprint density at radius 2 is 1.83 bits per heavy atom. The van der Waals surface area contributed by atoms with E-state index in [4.69, 9.17) is 9.73 Å². The van der Waals surface area contributed by atoms with Crippen LogP contribution in [0.15, 0.2) is 29.3 Å². The smallest absolute Gasteiger partial charge is 0.308 e. The van der Waals surface area contributed by atoms with Gasteiger partial charge in [-0.15, -0.1) is 21.5 Å². The van der Waals surface area contributed by atoms with Crippen molar-refractivity contribution in [2.75, 3.05) is 20.6 Å². The molecule has 1 aromatic carbocycles. The van der Waals surface area contributed by atoms with Crippen LogP contribution in [-0.4, -0.2) is 57.6 Å². The van der Waals surface area contributed by atoms with Crippen LogP contribution < -0.4 is 0 Å².